The molecule has 67 heavy (non-hydrogen) atoms. The number of unbranched alkanes of at least 4 members (excludes halogenated alkanes) is 19. The summed E-state index contributed by atoms with van der Waals surface area (Å²) >= 11 is 0. The molecule has 0 N–H and O–H groups in total. The molecule has 0 heterocycles. The van der Waals surface area contributed by atoms with Crippen LogP contribution in [0.4, 0.5) is 0 Å². The molecule has 1 atom stereocenters. The molecule has 0 radical (unpaired) electrons. The molecule has 0 fully saturated rings. The molecule has 0 saturated heterocycles. The molecule has 0 saturated carbocycles. The van der Waals surface area contributed by atoms with Crippen LogP contribution in [0.5, 0.6) is 0 Å². The molecule has 0 rings (SSSR count). The molecule has 0 aromatic carbocycles. The van der Waals surface area contributed by atoms with Gasteiger partial charge in [-0.05, 0) is 116 Å². The first-order valence-corrected chi connectivity index (χ1v) is 27.4. The standard InChI is InChI=1S/C61H100O6/c1-4-7-10-13-16-19-22-25-27-28-29-30-31-32-34-36-39-42-45-48-51-54-60(63)66-57-58(56-65-59(62)53-50-47-44-41-38-35-24-21-18-15-12-9-6-3)67-61(64)55-52-49-46-43-40-37-33-26-23-20-17-14-11-8-5-2/h7-8,10-12,15-17,19-21,24-27,29-30,33,58H,4-6,9,13-14,18,22-23,28,31-32,34-57H2,1-3H3/b10-7-,11-8-,15-12-,19-16-,20-17-,24-21-,27-25-,30-29-,33-26-. The van der Waals surface area contributed by atoms with E-state index in [0.29, 0.717) is 19.3 Å². The van der Waals surface area contributed by atoms with Crippen molar-refractivity contribution in [2.24, 2.45) is 0 Å². The smallest absolute Gasteiger partial charge is 0.306 e. The molecule has 0 aliphatic heterocycles. The van der Waals surface area contributed by atoms with Crippen LogP contribution in [0.1, 0.15) is 239 Å². The fourth-order valence-corrected chi connectivity index (χ4v) is 7.19. The van der Waals surface area contributed by atoms with E-state index in [1.165, 1.54) is 38.5 Å². The van der Waals surface area contributed by atoms with Crippen molar-refractivity contribution in [1.29, 1.82) is 0 Å². The lowest BCUT2D eigenvalue weighted by Gasteiger charge is -2.18. The van der Waals surface area contributed by atoms with Gasteiger partial charge in [0.05, 0.1) is 0 Å². The summed E-state index contributed by atoms with van der Waals surface area (Å²) < 4.78 is 16.8. The van der Waals surface area contributed by atoms with Crippen molar-refractivity contribution in [3.63, 3.8) is 0 Å². The number of esters is 3. The van der Waals surface area contributed by atoms with Crippen LogP contribution >= 0.6 is 0 Å². The lowest BCUT2D eigenvalue weighted by molar-refractivity contribution is -0.167. The number of hydrogen-bond acceptors (Lipinski definition) is 6. The second kappa shape index (κ2) is 54.7. The highest BCUT2D eigenvalue weighted by molar-refractivity contribution is 5.71. The van der Waals surface area contributed by atoms with E-state index in [1.807, 2.05) is 0 Å². The Morgan fingerprint density at radius 3 is 0.910 bits per heavy atom. The maximum atomic E-state index is 12.8. The van der Waals surface area contributed by atoms with Gasteiger partial charge in [0.25, 0.3) is 0 Å². The van der Waals surface area contributed by atoms with Gasteiger partial charge in [-0.1, -0.05) is 214 Å². The van der Waals surface area contributed by atoms with Crippen molar-refractivity contribution in [2.75, 3.05) is 13.2 Å². The largest absolute Gasteiger partial charge is 0.462 e. The van der Waals surface area contributed by atoms with E-state index < -0.39 is 6.10 Å². The van der Waals surface area contributed by atoms with Crippen LogP contribution in [0.3, 0.4) is 0 Å². The SMILES string of the molecule is CC/C=C\C/C=C\C/C=C\C/C=C\CCCCCCCCCCC(=O)OCC(COC(=O)CCCCCCC/C=C\C/C=C\CCC)OC(=O)CCCCCCC/C=C\C/C=C\C/C=C\CC. The lowest BCUT2D eigenvalue weighted by atomic mass is 10.1. The van der Waals surface area contributed by atoms with E-state index >= 15 is 0 Å². The summed E-state index contributed by atoms with van der Waals surface area (Å²) in [6.07, 6.45) is 73.6. The minimum absolute atomic E-state index is 0.0958. The number of rotatable bonds is 48. The predicted molar refractivity (Wildman–Crippen MR) is 288 cm³/mol. The van der Waals surface area contributed by atoms with Gasteiger partial charge in [-0.25, -0.2) is 0 Å². The Labute approximate surface area is 412 Å². The number of carbonyl (C=O) groups excluding carboxylic acids is 3. The monoisotopic (exact) mass is 929 g/mol. The van der Waals surface area contributed by atoms with Crippen molar-refractivity contribution < 1.29 is 28.6 Å². The summed E-state index contributed by atoms with van der Waals surface area (Å²) in [4.78, 5) is 38.1. The first-order valence-electron chi connectivity index (χ1n) is 27.4. The zero-order chi connectivity index (χ0) is 48.6. The molecule has 0 aromatic rings. The van der Waals surface area contributed by atoms with E-state index in [9.17, 15) is 14.4 Å². The molecule has 0 spiro atoms. The minimum Gasteiger partial charge on any atom is -0.462 e. The lowest BCUT2D eigenvalue weighted by Crippen LogP contribution is -2.30. The van der Waals surface area contributed by atoms with Gasteiger partial charge in [-0.2, -0.15) is 0 Å². The molecule has 0 amide bonds. The number of carbonyl (C=O) groups is 3. The highest BCUT2D eigenvalue weighted by atomic mass is 16.6. The third kappa shape index (κ3) is 52.9. The fraction of sp³-hybridized carbons (Fsp3) is 0.656. The van der Waals surface area contributed by atoms with Crippen molar-refractivity contribution in [3.05, 3.63) is 109 Å². The van der Waals surface area contributed by atoms with E-state index in [1.54, 1.807) is 0 Å². The number of ether oxygens (including phenoxy) is 3. The summed E-state index contributed by atoms with van der Waals surface area (Å²) in [6, 6.07) is 0. The molecular weight excluding hydrogens is 829 g/mol. The van der Waals surface area contributed by atoms with Gasteiger partial charge in [0, 0.05) is 19.3 Å². The Hall–Kier alpha value is -3.93. The first kappa shape index (κ1) is 63.1. The second-order valence-electron chi connectivity index (χ2n) is 17.7. The van der Waals surface area contributed by atoms with Gasteiger partial charge in [0.2, 0.25) is 0 Å². The maximum absolute atomic E-state index is 12.8. The van der Waals surface area contributed by atoms with E-state index in [-0.39, 0.29) is 31.1 Å². The second-order valence-corrected chi connectivity index (χ2v) is 17.7. The molecule has 0 aromatic heterocycles. The summed E-state index contributed by atoms with van der Waals surface area (Å²) in [7, 11) is 0. The summed E-state index contributed by atoms with van der Waals surface area (Å²) in [6.45, 7) is 6.31. The van der Waals surface area contributed by atoms with Gasteiger partial charge in [-0.3, -0.25) is 14.4 Å². The third-order valence-electron chi connectivity index (χ3n) is 11.2. The molecule has 0 aliphatic carbocycles. The van der Waals surface area contributed by atoms with Gasteiger partial charge >= 0.3 is 17.9 Å². The van der Waals surface area contributed by atoms with E-state index in [2.05, 4.69) is 130 Å². The van der Waals surface area contributed by atoms with Crippen LogP contribution in [-0.2, 0) is 28.6 Å². The number of allylic oxidation sites excluding steroid dienone is 18. The van der Waals surface area contributed by atoms with Crippen molar-refractivity contribution >= 4 is 17.9 Å². The minimum atomic E-state index is -0.798. The summed E-state index contributed by atoms with van der Waals surface area (Å²) in [5, 5.41) is 0. The topological polar surface area (TPSA) is 78.9 Å². The molecule has 0 bridgehead atoms. The highest BCUT2D eigenvalue weighted by Gasteiger charge is 2.19. The van der Waals surface area contributed by atoms with Crippen LogP contribution in [0.25, 0.3) is 0 Å². The molecule has 0 aliphatic rings. The summed E-state index contributed by atoms with van der Waals surface area (Å²) in [5.74, 6) is -0.937. The summed E-state index contributed by atoms with van der Waals surface area (Å²) in [5.41, 5.74) is 0. The van der Waals surface area contributed by atoms with Crippen LogP contribution < -0.4 is 0 Å². The van der Waals surface area contributed by atoms with Crippen molar-refractivity contribution in [3.8, 4) is 0 Å². The van der Waals surface area contributed by atoms with E-state index in [0.717, 1.165) is 161 Å². The van der Waals surface area contributed by atoms with Crippen LogP contribution in [0.15, 0.2) is 109 Å². The average Bonchev–Trinajstić information content (AvgIpc) is 3.33. The molecule has 6 nitrogen and oxygen atoms in total. The molecule has 6 heteroatoms. The van der Waals surface area contributed by atoms with Gasteiger partial charge in [0.1, 0.15) is 13.2 Å². The predicted octanol–water partition coefficient (Wildman–Crippen LogP) is 18.3. The van der Waals surface area contributed by atoms with Crippen molar-refractivity contribution in [1.82, 2.24) is 0 Å². The van der Waals surface area contributed by atoms with Gasteiger partial charge in [0.15, 0.2) is 6.10 Å². The normalized spacial score (nSPS) is 12.9. The first-order chi connectivity index (χ1) is 33.0. The molecular formula is C61H100O6. The van der Waals surface area contributed by atoms with Crippen LogP contribution in [0, 0.1) is 0 Å². The zero-order valence-electron chi connectivity index (χ0n) is 43.4. The van der Waals surface area contributed by atoms with E-state index in [4.69, 9.17) is 14.2 Å². The Bertz CT molecular complexity index is 1390. The molecule has 380 valence electrons. The molecule has 1 unspecified atom stereocenters. The Morgan fingerprint density at radius 2 is 0.582 bits per heavy atom. The maximum Gasteiger partial charge on any atom is 0.306 e. The third-order valence-corrected chi connectivity index (χ3v) is 11.2. The Morgan fingerprint density at radius 1 is 0.313 bits per heavy atom. The van der Waals surface area contributed by atoms with Crippen LogP contribution in [0.2, 0.25) is 0 Å². The quantitative estimate of drug-likeness (QED) is 0.0262. The van der Waals surface area contributed by atoms with Gasteiger partial charge < -0.3 is 14.2 Å². The zero-order valence-corrected chi connectivity index (χ0v) is 43.4. The Kier molecular flexibility index (Phi) is 51.5. The highest BCUT2D eigenvalue weighted by Crippen LogP contribution is 2.14. The fourth-order valence-electron chi connectivity index (χ4n) is 7.19. The van der Waals surface area contributed by atoms with Crippen LogP contribution in [-0.4, -0.2) is 37.2 Å². The van der Waals surface area contributed by atoms with Crippen molar-refractivity contribution in [2.45, 2.75) is 245 Å². The number of hydrogen-bond donors (Lipinski definition) is 0. The average molecular weight is 929 g/mol. The van der Waals surface area contributed by atoms with Gasteiger partial charge in [-0.15, -0.1) is 0 Å². The Balaban J connectivity index is 4.41.